The van der Waals surface area contributed by atoms with Crippen molar-refractivity contribution >= 4 is 22.6 Å². The van der Waals surface area contributed by atoms with Gasteiger partial charge in [-0.15, -0.1) is 0 Å². The molecule has 4 heterocycles. The van der Waals surface area contributed by atoms with E-state index >= 15 is 0 Å². The van der Waals surface area contributed by atoms with Crippen LogP contribution >= 0.6 is 0 Å². The van der Waals surface area contributed by atoms with Crippen LogP contribution < -0.4 is 16.4 Å². The second kappa shape index (κ2) is 10.9. The Hall–Kier alpha value is -3.12. The SMILES string of the molecule is Cc1cccn2c(=O)c3cc(C(=O)NCCN4CCOCC4)c(=N)n(CCOCCO)c3nc12. The summed E-state index contributed by atoms with van der Waals surface area (Å²) in [4.78, 5) is 33.2. The van der Waals surface area contributed by atoms with Gasteiger partial charge in [0, 0.05) is 38.9 Å². The standard InChI is InChI=1S/C23H30N6O5/c1-16-3-2-5-29-20(16)26-21-18(23(29)32)15-17(19(24)28(21)9-13-34-14-10-30)22(31)25-4-6-27-7-11-33-12-8-27/h2-3,5,15,24,30H,4,6-14H2,1H3,(H,25,31). The quantitative estimate of drug-likeness (QED) is 0.284. The summed E-state index contributed by atoms with van der Waals surface area (Å²) in [6, 6.07) is 5.09. The van der Waals surface area contributed by atoms with Crippen molar-refractivity contribution in [2.45, 2.75) is 13.5 Å². The Morgan fingerprint density at radius 1 is 1.26 bits per heavy atom. The van der Waals surface area contributed by atoms with Crippen LogP contribution in [0.3, 0.4) is 0 Å². The first-order chi connectivity index (χ1) is 16.5. The molecule has 3 aromatic rings. The van der Waals surface area contributed by atoms with Gasteiger partial charge < -0.3 is 24.5 Å². The van der Waals surface area contributed by atoms with E-state index < -0.39 is 5.91 Å². The minimum Gasteiger partial charge on any atom is -0.394 e. The van der Waals surface area contributed by atoms with Crippen LogP contribution in [0, 0.1) is 12.3 Å². The maximum atomic E-state index is 13.3. The molecule has 0 spiro atoms. The maximum absolute atomic E-state index is 13.3. The summed E-state index contributed by atoms with van der Waals surface area (Å²) in [7, 11) is 0. The van der Waals surface area contributed by atoms with Gasteiger partial charge in [-0.05, 0) is 24.6 Å². The Bertz CT molecular complexity index is 1290. The molecule has 1 amide bonds. The predicted molar refractivity (Wildman–Crippen MR) is 125 cm³/mol. The molecule has 3 N–H and O–H groups in total. The molecular weight excluding hydrogens is 440 g/mol. The average Bonchev–Trinajstić information content (AvgIpc) is 2.84. The zero-order chi connectivity index (χ0) is 24.1. The highest BCUT2D eigenvalue weighted by Crippen LogP contribution is 2.13. The molecule has 0 saturated carbocycles. The van der Waals surface area contributed by atoms with Gasteiger partial charge >= 0.3 is 0 Å². The predicted octanol–water partition coefficient (Wildman–Crippen LogP) is -0.492. The van der Waals surface area contributed by atoms with E-state index in [0.717, 1.165) is 18.7 Å². The van der Waals surface area contributed by atoms with Gasteiger partial charge in [0.2, 0.25) is 0 Å². The first-order valence-corrected chi connectivity index (χ1v) is 11.4. The number of nitrogens with one attached hydrogen (secondary N) is 2. The number of fused-ring (bicyclic) bond motifs is 2. The molecule has 1 fully saturated rings. The van der Waals surface area contributed by atoms with Gasteiger partial charge in [-0.2, -0.15) is 0 Å². The van der Waals surface area contributed by atoms with Crippen molar-refractivity contribution in [1.82, 2.24) is 24.2 Å². The molecule has 182 valence electrons. The van der Waals surface area contributed by atoms with Crippen molar-refractivity contribution < 1.29 is 19.4 Å². The molecule has 0 bridgehead atoms. The van der Waals surface area contributed by atoms with Crippen molar-refractivity contribution in [3.8, 4) is 0 Å². The van der Waals surface area contributed by atoms with E-state index in [1.54, 1.807) is 12.3 Å². The number of aryl methyl sites for hydroxylation is 1. The second-order valence-corrected chi connectivity index (χ2v) is 8.14. The van der Waals surface area contributed by atoms with Gasteiger partial charge in [0.15, 0.2) is 0 Å². The van der Waals surface area contributed by atoms with Gasteiger partial charge in [-0.3, -0.25) is 24.3 Å². The molecule has 0 atom stereocenters. The number of ether oxygens (including phenoxy) is 2. The summed E-state index contributed by atoms with van der Waals surface area (Å²) < 4.78 is 13.7. The molecule has 4 rings (SSSR count). The van der Waals surface area contributed by atoms with Crippen LogP contribution in [-0.4, -0.2) is 89.1 Å². The molecule has 0 unspecified atom stereocenters. The number of rotatable bonds is 9. The van der Waals surface area contributed by atoms with Crippen molar-refractivity contribution in [2.75, 3.05) is 59.2 Å². The number of carbonyl (C=O) groups excluding carboxylic acids is 1. The molecule has 0 radical (unpaired) electrons. The Morgan fingerprint density at radius 3 is 2.82 bits per heavy atom. The maximum Gasteiger partial charge on any atom is 0.267 e. The third-order valence-electron chi connectivity index (χ3n) is 5.89. The lowest BCUT2D eigenvalue weighted by Gasteiger charge is -2.26. The van der Waals surface area contributed by atoms with Crippen LogP contribution in [0.1, 0.15) is 15.9 Å². The number of aromatic nitrogens is 3. The van der Waals surface area contributed by atoms with Crippen LogP contribution in [0.4, 0.5) is 0 Å². The molecule has 0 aliphatic carbocycles. The number of nitrogens with zero attached hydrogens (tertiary/aromatic N) is 4. The number of hydrogen-bond acceptors (Lipinski definition) is 8. The van der Waals surface area contributed by atoms with E-state index in [0.29, 0.717) is 37.6 Å². The number of aliphatic hydroxyl groups is 1. The molecule has 1 aliphatic heterocycles. The lowest BCUT2D eigenvalue weighted by atomic mass is 10.2. The highest BCUT2D eigenvalue weighted by atomic mass is 16.5. The molecule has 11 nitrogen and oxygen atoms in total. The summed E-state index contributed by atoms with van der Waals surface area (Å²) in [6.07, 6.45) is 1.64. The van der Waals surface area contributed by atoms with Gasteiger partial charge in [0.25, 0.3) is 11.5 Å². The minimum absolute atomic E-state index is 0.0474. The highest BCUT2D eigenvalue weighted by Gasteiger charge is 2.18. The van der Waals surface area contributed by atoms with Crippen LogP contribution in [0.25, 0.3) is 16.7 Å². The van der Waals surface area contributed by atoms with Crippen LogP contribution in [0.2, 0.25) is 0 Å². The number of hydrogen-bond donors (Lipinski definition) is 3. The normalized spacial score (nSPS) is 14.6. The molecule has 11 heteroatoms. The number of carbonyl (C=O) groups is 1. The Labute approximate surface area is 196 Å². The van der Waals surface area contributed by atoms with Crippen molar-refractivity contribution in [1.29, 1.82) is 5.41 Å². The minimum atomic E-state index is -0.418. The third-order valence-corrected chi connectivity index (χ3v) is 5.89. The van der Waals surface area contributed by atoms with Crippen LogP contribution in [0.15, 0.2) is 29.2 Å². The topological polar surface area (TPSA) is 134 Å². The lowest BCUT2D eigenvalue weighted by Crippen LogP contribution is -2.42. The first-order valence-electron chi connectivity index (χ1n) is 11.4. The number of amides is 1. The summed E-state index contributed by atoms with van der Waals surface area (Å²) in [5.74, 6) is -0.418. The molecule has 1 aliphatic rings. The second-order valence-electron chi connectivity index (χ2n) is 8.14. The van der Waals surface area contributed by atoms with Crippen molar-refractivity contribution in [3.05, 3.63) is 51.4 Å². The molecule has 3 aromatic heterocycles. The first kappa shape index (κ1) is 24.0. The summed E-state index contributed by atoms with van der Waals surface area (Å²) in [5.41, 5.74) is 1.38. The summed E-state index contributed by atoms with van der Waals surface area (Å²) >= 11 is 0. The van der Waals surface area contributed by atoms with Crippen molar-refractivity contribution in [2.24, 2.45) is 0 Å². The van der Waals surface area contributed by atoms with E-state index in [1.807, 2.05) is 13.0 Å². The Balaban J connectivity index is 1.71. The number of aliphatic hydroxyl groups excluding tert-OH is 1. The Morgan fingerprint density at radius 2 is 2.06 bits per heavy atom. The fourth-order valence-corrected chi connectivity index (χ4v) is 4.06. The third kappa shape index (κ3) is 5.02. The van der Waals surface area contributed by atoms with E-state index in [9.17, 15) is 9.59 Å². The zero-order valence-electron chi connectivity index (χ0n) is 19.2. The van der Waals surface area contributed by atoms with Gasteiger partial charge in [0.1, 0.15) is 16.8 Å². The van der Waals surface area contributed by atoms with Gasteiger partial charge in [0.05, 0.1) is 44.0 Å². The number of morpholine rings is 1. The smallest absolute Gasteiger partial charge is 0.267 e. The van der Waals surface area contributed by atoms with Crippen LogP contribution in [-0.2, 0) is 16.0 Å². The fourth-order valence-electron chi connectivity index (χ4n) is 4.06. The van der Waals surface area contributed by atoms with E-state index in [-0.39, 0.29) is 48.4 Å². The molecule has 1 saturated heterocycles. The zero-order valence-corrected chi connectivity index (χ0v) is 19.2. The number of pyridine rings is 2. The fraction of sp³-hybridized carbons (Fsp3) is 0.478. The molecule has 34 heavy (non-hydrogen) atoms. The van der Waals surface area contributed by atoms with E-state index in [1.165, 1.54) is 15.0 Å². The van der Waals surface area contributed by atoms with Gasteiger partial charge in [-0.25, -0.2) is 4.98 Å². The highest BCUT2D eigenvalue weighted by molar-refractivity contribution is 5.96. The lowest BCUT2D eigenvalue weighted by molar-refractivity contribution is 0.0383. The van der Waals surface area contributed by atoms with Crippen molar-refractivity contribution in [3.63, 3.8) is 0 Å². The molecule has 0 aromatic carbocycles. The largest absolute Gasteiger partial charge is 0.394 e. The van der Waals surface area contributed by atoms with Crippen LogP contribution in [0.5, 0.6) is 0 Å². The van der Waals surface area contributed by atoms with Gasteiger partial charge in [-0.1, -0.05) is 6.07 Å². The average molecular weight is 471 g/mol. The van der Waals surface area contributed by atoms with E-state index in [2.05, 4.69) is 15.2 Å². The summed E-state index contributed by atoms with van der Waals surface area (Å²) in [5, 5.41) is 20.8. The molecular formula is C23H30N6O5. The summed E-state index contributed by atoms with van der Waals surface area (Å²) in [6.45, 7) is 6.40. The van der Waals surface area contributed by atoms with E-state index in [4.69, 9.17) is 20.0 Å². The monoisotopic (exact) mass is 470 g/mol. The Kier molecular flexibility index (Phi) is 7.68.